The molecule has 1 heterocycles. The number of thiazole rings is 1. The fourth-order valence-corrected chi connectivity index (χ4v) is 3.04. The van der Waals surface area contributed by atoms with Crippen LogP contribution in [-0.2, 0) is 13.2 Å². The third-order valence-corrected chi connectivity index (χ3v) is 4.19. The maximum absolute atomic E-state index is 5.91. The van der Waals surface area contributed by atoms with E-state index in [0.717, 1.165) is 20.8 Å². The number of ether oxygens (including phenoxy) is 2. The molecule has 0 saturated heterocycles. The van der Waals surface area contributed by atoms with E-state index in [1.165, 1.54) is 0 Å². The SMILES string of the molecule is COc1cccc(CN)c1OCc1nc2ccccc2s1. The molecular weight excluding hydrogens is 284 g/mol. The van der Waals surface area contributed by atoms with Gasteiger partial charge in [0.2, 0.25) is 0 Å². The van der Waals surface area contributed by atoms with Gasteiger partial charge < -0.3 is 15.2 Å². The predicted molar refractivity (Wildman–Crippen MR) is 84.8 cm³/mol. The van der Waals surface area contributed by atoms with Gasteiger partial charge in [-0.3, -0.25) is 0 Å². The number of hydrogen-bond donors (Lipinski definition) is 1. The van der Waals surface area contributed by atoms with Crippen molar-refractivity contribution in [2.24, 2.45) is 5.73 Å². The first-order chi connectivity index (χ1) is 10.3. The van der Waals surface area contributed by atoms with Crippen LogP contribution in [0, 0.1) is 0 Å². The third-order valence-electron chi connectivity index (χ3n) is 3.18. The van der Waals surface area contributed by atoms with Gasteiger partial charge in [-0.15, -0.1) is 11.3 Å². The van der Waals surface area contributed by atoms with Crippen molar-refractivity contribution in [3.8, 4) is 11.5 Å². The van der Waals surface area contributed by atoms with Crippen molar-refractivity contribution in [2.45, 2.75) is 13.2 Å². The quantitative estimate of drug-likeness (QED) is 0.785. The molecule has 2 N–H and O–H groups in total. The van der Waals surface area contributed by atoms with E-state index < -0.39 is 0 Å². The fraction of sp³-hybridized carbons (Fsp3) is 0.188. The molecular formula is C16H16N2O2S. The van der Waals surface area contributed by atoms with Gasteiger partial charge in [0.05, 0.1) is 17.3 Å². The molecule has 0 bridgehead atoms. The van der Waals surface area contributed by atoms with Crippen molar-refractivity contribution in [3.05, 3.63) is 53.0 Å². The second kappa shape index (κ2) is 6.11. The monoisotopic (exact) mass is 300 g/mol. The van der Waals surface area contributed by atoms with Gasteiger partial charge in [-0.05, 0) is 18.2 Å². The molecule has 0 atom stereocenters. The van der Waals surface area contributed by atoms with Crippen LogP contribution in [0.1, 0.15) is 10.6 Å². The molecule has 0 radical (unpaired) electrons. The minimum absolute atomic E-state index is 0.409. The second-order valence-electron chi connectivity index (χ2n) is 4.52. The summed E-state index contributed by atoms with van der Waals surface area (Å²) < 4.78 is 12.4. The Bertz CT molecular complexity index is 700. The lowest BCUT2D eigenvalue weighted by molar-refractivity contribution is 0.281. The Morgan fingerprint density at radius 1 is 1.14 bits per heavy atom. The molecule has 1 aromatic heterocycles. The first kappa shape index (κ1) is 13.9. The topological polar surface area (TPSA) is 57.4 Å². The highest BCUT2D eigenvalue weighted by molar-refractivity contribution is 7.18. The van der Waals surface area contributed by atoms with E-state index in [9.17, 15) is 0 Å². The maximum atomic E-state index is 5.91. The lowest BCUT2D eigenvalue weighted by Crippen LogP contribution is -2.04. The van der Waals surface area contributed by atoms with Crippen LogP contribution in [0.3, 0.4) is 0 Å². The zero-order valence-electron chi connectivity index (χ0n) is 11.7. The Morgan fingerprint density at radius 3 is 2.76 bits per heavy atom. The van der Waals surface area contributed by atoms with E-state index in [4.69, 9.17) is 15.2 Å². The van der Waals surface area contributed by atoms with E-state index >= 15 is 0 Å². The fourth-order valence-electron chi connectivity index (χ4n) is 2.16. The van der Waals surface area contributed by atoms with Crippen LogP contribution in [0.4, 0.5) is 0 Å². The van der Waals surface area contributed by atoms with Gasteiger partial charge in [0.1, 0.15) is 11.6 Å². The van der Waals surface area contributed by atoms with Crippen molar-refractivity contribution in [3.63, 3.8) is 0 Å². The Balaban J connectivity index is 1.84. The van der Waals surface area contributed by atoms with E-state index in [0.29, 0.717) is 24.7 Å². The number of para-hydroxylation sites is 2. The van der Waals surface area contributed by atoms with Crippen LogP contribution in [0.15, 0.2) is 42.5 Å². The number of fused-ring (bicyclic) bond motifs is 1. The van der Waals surface area contributed by atoms with Crippen LogP contribution in [0.25, 0.3) is 10.2 Å². The highest BCUT2D eigenvalue weighted by atomic mass is 32.1. The third kappa shape index (κ3) is 2.84. The predicted octanol–water partition coefficient (Wildman–Crippen LogP) is 3.34. The highest BCUT2D eigenvalue weighted by Crippen LogP contribution is 2.32. The second-order valence-corrected chi connectivity index (χ2v) is 5.63. The van der Waals surface area contributed by atoms with Crippen LogP contribution < -0.4 is 15.2 Å². The average molecular weight is 300 g/mol. The van der Waals surface area contributed by atoms with E-state index in [-0.39, 0.29) is 0 Å². The number of methoxy groups -OCH3 is 1. The molecule has 0 aliphatic rings. The summed E-state index contributed by atoms with van der Waals surface area (Å²) in [6.45, 7) is 0.819. The molecule has 5 heteroatoms. The highest BCUT2D eigenvalue weighted by Gasteiger charge is 2.11. The summed E-state index contributed by atoms with van der Waals surface area (Å²) in [7, 11) is 1.63. The summed E-state index contributed by atoms with van der Waals surface area (Å²) in [5, 5.41) is 0.935. The zero-order chi connectivity index (χ0) is 14.7. The van der Waals surface area contributed by atoms with Gasteiger partial charge in [-0.2, -0.15) is 0 Å². The maximum Gasteiger partial charge on any atom is 0.166 e. The molecule has 0 saturated carbocycles. The van der Waals surface area contributed by atoms with Gasteiger partial charge in [0.15, 0.2) is 11.5 Å². The Kier molecular flexibility index (Phi) is 4.03. The molecule has 108 valence electrons. The minimum atomic E-state index is 0.409. The van der Waals surface area contributed by atoms with E-state index in [2.05, 4.69) is 11.1 Å². The van der Waals surface area contributed by atoms with Gasteiger partial charge in [0, 0.05) is 12.1 Å². The largest absolute Gasteiger partial charge is 0.493 e. The lowest BCUT2D eigenvalue weighted by Gasteiger charge is -2.13. The number of benzene rings is 2. The van der Waals surface area contributed by atoms with Crippen molar-refractivity contribution in [1.82, 2.24) is 4.98 Å². The molecule has 2 aromatic carbocycles. The normalized spacial score (nSPS) is 10.8. The molecule has 3 rings (SSSR count). The number of nitrogens with zero attached hydrogens (tertiary/aromatic N) is 1. The number of aromatic nitrogens is 1. The van der Waals surface area contributed by atoms with Crippen molar-refractivity contribution >= 4 is 21.6 Å². The van der Waals surface area contributed by atoms with Gasteiger partial charge in [-0.25, -0.2) is 4.98 Å². The van der Waals surface area contributed by atoms with Crippen LogP contribution in [0.2, 0.25) is 0 Å². The van der Waals surface area contributed by atoms with Crippen molar-refractivity contribution < 1.29 is 9.47 Å². The molecule has 0 amide bonds. The Hall–Kier alpha value is -2.11. The van der Waals surface area contributed by atoms with E-state index in [1.807, 2.05) is 36.4 Å². The van der Waals surface area contributed by atoms with Gasteiger partial charge in [-0.1, -0.05) is 24.3 Å². The Morgan fingerprint density at radius 2 is 2.00 bits per heavy atom. The molecule has 0 aliphatic carbocycles. The van der Waals surface area contributed by atoms with Crippen LogP contribution >= 0.6 is 11.3 Å². The van der Waals surface area contributed by atoms with Crippen molar-refractivity contribution in [1.29, 1.82) is 0 Å². The smallest absolute Gasteiger partial charge is 0.166 e. The minimum Gasteiger partial charge on any atom is -0.493 e. The lowest BCUT2D eigenvalue weighted by atomic mass is 10.2. The summed E-state index contributed by atoms with van der Waals surface area (Å²) in [6, 6.07) is 13.8. The van der Waals surface area contributed by atoms with Crippen molar-refractivity contribution in [2.75, 3.05) is 7.11 Å². The summed E-state index contributed by atoms with van der Waals surface area (Å²) >= 11 is 1.64. The molecule has 4 nitrogen and oxygen atoms in total. The number of nitrogens with two attached hydrogens (primary N) is 1. The first-order valence-electron chi connectivity index (χ1n) is 6.65. The molecule has 0 unspecified atom stereocenters. The Labute approximate surface area is 127 Å². The first-order valence-corrected chi connectivity index (χ1v) is 7.46. The molecule has 3 aromatic rings. The molecule has 0 spiro atoms. The van der Waals surface area contributed by atoms with Gasteiger partial charge in [0.25, 0.3) is 0 Å². The average Bonchev–Trinajstić information content (AvgIpc) is 2.95. The summed E-state index contributed by atoms with van der Waals surface area (Å²) in [5.74, 6) is 1.39. The zero-order valence-corrected chi connectivity index (χ0v) is 12.5. The molecule has 0 fully saturated rings. The van der Waals surface area contributed by atoms with Crippen LogP contribution in [-0.4, -0.2) is 12.1 Å². The number of hydrogen-bond acceptors (Lipinski definition) is 5. The summed E-state index contributed by atoms with van der Waals surface area (Å²) in [5.41, 5.74) is 7.68. The standard InChI is InChI=1S/C16H16N2O2S/c1-19-13-7-4-5-11(9-17)16(13)20-10-15-18-12-6-2-3-8-14(12)21-15/h2-8H,9-10,17H2,1H3. The van der Waals surface area contributed by atoms with E-state index in [1.54, 1.807) is 18.4 Å². The number of rotatable bonds is 5. The molecule has 21 heavy (non-hydrogen) atoms. The van der Waals surface area contributed by atoms with Gasteiger partial charge >= 0.3 is 0 Å². The summed E-state index contributed by atoms with van der Waals surface area (Å²) in [6.07, 6.45) is 0. The molecule has 0 aliphatic heterocycles. The van der Waals surface area contributed by atoms with Crippen LogP contribution in [0.5, 0.6) is 11.5 Å². The summed E-state index contributed by atoms with van der Waals surface area (Å²) in [4.78, 5) is 4.56.